The minimum atomic E-state index is -5.59. The average molecular weight is 309 g/mol. The van der Waals surface area contributed by atoms with E-state index < -0.39 is 17.7 Å². The second-order valence-corrected chi connectivity index (χ2v) is 5.22. The Hall–Kier alpha value is -1.37. The lowest BCUT2D eigenvalue weighted by Crippen LogP contribution is -2.35. The molecule has 21 heavy (non-hydrogen) atoms. The molecular formula is C14H16F5NO. The molecule has 0 aliphatic carbocycles. The first-order valence-electron chi connectivity index (χ1n) is 6.60. The number of hydrogen-bond donors (Lipinski definition) is 0. The fraction of sp³-hybridized carbons (Fsp3) is 0.571. The van der Waals surface area contributed by atoms with Crippen LogP contribution in [0.2, 0.25) is 0 Å². The first kappa shape index (κ1) is 16.0. The van der Waals surface area contributed by atoms with Crippen molar-refractivity contribution in [3.63, 3.8) is 0 Å². The van der Waals surface area contributed by atoms with Crippen LogP contribution in [0.3, 0.4) is 0 Å². The highest BCUT2D eigenvalue weighted by molar-refractivity contribution is 5.30. The predicted molar refractivity (Wildman–Crippen MR) is 67.5 cm³/mol. The molecule has 118 valence electrons. The Bertz CT molecular complexity index is 463. The summed E-state index contributed by atoms with van der Waals surface area (Å²) in [4.78, 5) is 2.15. The van der Waals surface area contributed by atoms with Crippen molar-refractivity contribution >= 4 is 0 Å². The molecule has 0 radical (unpaired) electrons. The van der Waals surface area contributed by atoms with E-state index in [9.17, 15) is 22.0 Å². The summed E-state index contributed by atoms with van der Waals surface area (Å²) in [6, 6.07) is 3.84. The van der Waals surface area contributed by atoms with E-state index in [1.165, 1.54) is 0 Å². The Morgan fingerprint density at radius 2 is 1.52 bits per heavy atom. The van der Waals surface area contributed by atoms with E-state index >= 15 is 0 Å². The van der Waals surface area contributed by atoms with Crippen LogP contribution in [-0.2, 0) is 5.92 Å². The number of halogens is 5. The van der Waals surface area contributed by atoms with Gasteiger partial charge in [-0.3, -0.25) is 0 Å². The zero-order chi connectivity index (χ0) is 15.7. The number of benzene rings is 1. The van der Waals surface area contributed by atoms with Gasteiger partial charge >= 0.3 is 12.1 Å². The van der Waals surface area contributed by atoms with Gasteiger partial charge in [-0.25, -0.2) is 0 Å². The average Bonchev–Trinajstić information content (AvgIpc) is 2.41. The molecular weight excluding hydrogens is 293 g/mol. The zero-order valence-corrected chi connectivity index (χ0v) is 11.5. The van der Waals surface area contributed by atoms with Gasteiger partial charge in [-0.1, -0.05) is 0 Å². The highest BCUT2D eigenvalue weighted by atomic mass is 19.4. The van der Waals surface area contributed by atoms with E-state index in [1.54, 1.807) is 0 Å². The van der Waals surface area contributed by atoms with Crippen LogP contribution in [0, 0.1) is 0 Å². The van der Waals surface area contributed by atoms with Crippen LogP contribution in [0.15, 0.2) is 24.3 Å². The number of hydrogen-bond acceptors (Lipinski definition) is 2. The monoisotopic (exact) mass is 309 g/mol. The van der Waals surface area contributed by atoms with Crippen LogP contribution in [0.4, 0.5) is 22.0 Å². The predicted octanol–water partition coefficient (Wildman–Crippen LogP) is 3.81. The fourth-order valence-electron chi connectivity index (χ4n) is 2.20. The fourth-order valence-corrected chi connectivity index (χ4v) is 2.20. The Morgan fingerprint density at radius 1 is 1.00 bits per heavy atom. The molecule has 0 N–H and O–H groups in total. The van der Waals surface area contributed by atoms with Crippen molar-refractivity contribution in [1.29, 1.82) is 0 Å². The number of piperidine rings is 1. The van der Waals surface area contributed by atoms with Crippen molar-refractivity contribution in [3.8, 4) is 5.75 Å². The highest BCUT2D eigenvalue weighted by Gasteiger charge is 2.58. The highest BCUT2D eigenvalue weighted by Crippen LogP contribution is 2.44. The lowest BCUT2D eigenvalue weighted by molar-refractivity contribution is -0.289. The number of ether oxygens (including phenoxy) is 1. The number of rotatable bonds is 3. The third kappa shape index (κ3) is 3.64. The van der Waals surface area contributed by atoms with E-state index in [1.807, 2.05) is 7.05 Å². The lowest BCUT2D eigenvalue weighted by atomic mass is 10.1. The van der Waals surface area contributed by atoms with E-state index in [4.69, 9.17) is 4.74 Å². The molecule has 2 nitrogen and oxygen atoms in total. The Kier molecular flexibility index (Phi) is 4.41. The third-order valence-electron chi connectivity index (χ3n) is 3.54. The summed E-state index contributed by atoms with van der Waals surface area (Å²) in [7, 11) is 1.99. The number of nitrogens with zero attached hydrogens (tertiary/aromatic N) is 1. The first-order valence-corrected chi connectivity index (χ1v) is 6.60. The second kappa shape index (κ2) is 5.79. The molecule has 0 spiro atoms. The van der Waals surface area contributed by atoms with Crippen LogP contribution in [-0.4, -0.2) is 37.3 Å². The normalized spacial score (nSPS) is 18.8. The third-order valence-corrected chi connectivity index (χ3v) is 3.54. The van der Waals surface area contributed by atoms with Crippen LogP contribution in [0.1, 0.15) is 18.4 Å². The minimum Gasteiger partial charge on any atom is -0.490 e. The Labute approximate surface area is 119 Å². The lowest BCUT2D eigenvalue weighted by Gasteiger charge is -2.29. The van der Waals surface area contributed by atoms with Gasteiger partial charge in [0.2, 0.25) is 0 Å². The van der Waals surface area contributed by atoms with Gasteiger partial charge < -0.3 is 9.64 Å². The molecule has 7 heteroatoms. The summed E-state index contributed by atoms with van der Waals surface area (Å²) >= 11 is 0. The molecule has 1 fully saturated rings. The van der Waals surface area contributed by atoms with Gasteiger partial charge in [0.1, 0.15) is 11.9 Å². The molecule has 1 saturated heterocycles. The largest absolute Gasteiger partial charge is 0.490 e. The molecule has 0 aromatic heterocycles. The summed E-state index contributed by atoms with van der Waals surface area (Å²) in [6.45, 7) is 1.74. The Balaban J connectivity index is 2.02. The molecule has 0 bridgehead atoms. The smallest absolute Gasteiger partial charge is 0.458 e. The molecule has 1 aromatic rings. The second-order valence-electron chi connectivity index (χ2n) is 5.22. The molecule has 0 amide bonds. The van der Waals surface area contributed by atoms with Crippen molar-refractivity contribution in [2.45, 2.75) is 31.0 Å². The van der Waals surface area contributed by atoms with Crippen molar-refractivity contribution in [3.05, 3.63) is 29.8 Å². The molecule has 0 atom stereocenters. The van der Waals surface area contributed by atoms with Gasteiger partial charge in [0.05, 0.1) is 0 Å². The van der Waals surface area contributed by atoms with Crippen LogP contribution in [0.25, 0.3) is 0 Å². The van der Waals surface area contributed by atoms with Gasteiger partial charge in [-0.2, -0.15) is 22.0 Å². The van der Waals surface area contributed by atoms with E-state index in [0.29, 0.717) is 5.75 Å². The van der Waals surface area contributed by atoms with Gasteiger partial charge in [-0.05, 0) is 44.2 Å². The van der Waals surface area contributed by atoms with Crippen molar-refractivity contribution in [1.82, 2.24) is 4.90 Å². The summed E-state index contributed by atoms with van der Waals surface area (Å²) in [5.74, 6) is -4.54. The molecule has 0 saturated carbocycles. The van der Waals surface area contributed by atoms with Gasteiger partial charge in [-0.15, -0.1) is 0 Å². The molecule has 1 heterocycles. The Morgan fingerprint density at radius 3 is 2.00 bits per heavy atom. The SMILES string of the molecule is CN1CCC(Oc2ccc(C(F)(F)C(F)(F)F)cc2)CC1. The van der Waals surface area contributed by atoms with Gasteiger partial charge in [0.15, 0.2) is 0 Å². The molecule has 1 aliphatic heterocycles. The standard InChI is InChI=1S/C14H16F5NO/c1-20-8-6-12(7-9-20)21-11-4-2-10(3-5-11)13(15,16)14(17,18)19/h2-5,12H,6-9H2,1H3. The van der Waals surface area contributed by atoms with E-state index in [2.05, 4.69) is 4.90 Å². The van der Waals surface area contributed by atoms with Crippen molar-refractivity contribution < 1.29 is 26.7 Å². The summed E-state index contributed by atoms with van der Waals surface area (Å²) < 4.78 is 68.6. The topological polar surface area (TPSA) is 12.5 Å². The van der Waals surface area contributed by atoms with Gasteiger partial charge in [0.25, 0.3) is 0 Å². The summed E-state index contributed by atoms with van der Waals surface area (Å²) in [5, 5.41) is 0. The van der Waals surface area contributed by atoms with E-state index in [-0.39, 0.29) is 6.10 Å². The minimum absolute atomic E-state index is 0.0322. The first-order chi connectivity index (χ1) is 9.70. The molecule has 2 rings (SSSR count). The van der Waals surface area contributed by atoms with Crippen molar-refractivity contribution in [2.24, 2.45) is 0 Å². The maximum atomic E-state index is 13.1. The summed E-state index contributed by atoms with van der Waals surface area (Å²) in [6.07, 6.45) is -4.02. The van der Waals surface area contributed by atoms with Gasteiger partial charge in [0, 0.05) is 18.7 Å². The molecule has 1 aliphatic rings. The van der Waals surface area contributed by atoms with E-state index in [0.717, 1.165) is 50.2 Å². The van der Waals surface area contributed by atoms with Crippen LogP contribution >= 0.6 is 0 Å². The zero-order valence-electron chi connectivity index (χ0n) is 11.5. The molecule has 1 aromatic carbocycles. The quantitative estimate of drug-likeness (QED) is 0.787. The van der Waals surface area contributed by atoms with Crippen molar-refractivity contribution in [2.75, 3.05) is 20.1 Å². The molecule has 0 unspecified atom stereocenters. The van der Waals surface area contributed by atoms with Crippen LogP contribution < -0.4 is 4.74 Å². The van der Waals surface area contributed by atoms with Crippen LogP contribution in [0.5, 0.6) is 5.75 Å². The summed E-state index contributed by atoms with van der Waals surface area (Å²) in [5.41, 5.74) is -1.08. The number of alkyl halides is 5. The maximum absolute atomic E-state index is 13.1. The maximum Gasteiger partial charge on any atom is 0.458 e. The number of likely N-dealkylation sites (tertiary alicyclic amines) is 1.